The zero-order chi connectivity index (χ0) is 14.2. The van der Waals surface area contributed by atoms with Crippen LogP contribution in [0.2, 0.25) is 0 Å². The van der Waals surface area contributed by atoms with Gasteiger partial charge >= 0.3 is 0 Å². The molecule has 2 nitrogen and oxygen atoms in total. The van der Waals surface area contributed by atoms with E-state index in [0.29, 0.717) is 6.04 Å². The monoisotopic (exact) mass is 286 g/mol. The van der Waals surface area contributed by atoms with Crippen molar-refractivity contribution in [1.29, 1.82) is 0 Å². The fourth-order valence-electron chi connectivity index (χ4n) is 2.21. The Bertz CT molecular complexity index is 447. The normalized spacial score (nSPS) is 13.9. The van der Waals surface area contributed by atoms with Gasteiger partial charge < -0.3 is 5.32 Å². The van der Waals surface area contributed by atoms with Crippen LogP contribution in [-0.2, 0) is 0 Å². The number of thioether (sulfide) groups is 1. The lowest BCUT2D eigenvalue weighted by Gasteiger charge is -2.23. The average molecular weight is 286 g/mol. The van der Waals surface area contributed by atoms with Crippen molar-refractivity contribution in [3.8, 4) is 0 Å². The second kappa shape index (κ2) is 8.08. The molecule has 2 unspecified atom stereocenters. The van der Waals surface area contributed by atoms with Crippen LogP contribution in [0.25, 0.3) is 0 Å². The lowest BCUT2D eigenvalue weighted by molar-refractivity contribution is 0.483. The van der Waals surface area contributed by atoms with Crippen LogP contribution in [0.3, 0.4) is 0 Å². The molecule has 0 saturated carbocycles. The van der Waals surface area contributed by atoms with Crippen LogP contribution in [0.15, 0.2) is 54.7 Å². The van der Waals surface area contributed by atoms with E-state index in [1.807, 2.05) is 30.1 Å². The largest absolute Gasteiger partial charge is 0.302 e. The van der Waals surface area contributed by atoms with E-state index < -0.39 is 0 Å². The first kappa shape index (κ1) is 15.1. The van der Waals surface area contributed by atoms with E-state index in [1.54, 1.807) is 0 Å². The molecule has 1 heterocycles. The van der Waals surface area contributed by atoms with Crippen LogP contribution in [0.4, 0.5) is 0 Å². The third-order valence-corrected chi connectivity index (χ3v) is 3.97. The number of benzene rings is 1. The number of rotatable bonds is 7. The van der Waals surface area contributed by atoms with E-state index in [0.717, 1.165) is 12.1 Å². The molecular weight excluding hydrogens is 264 g/mol. The van der Waals surface area contributed by atoms with E-state index in [9.17, 15) is 0 Å². The molecule has 2 atom stereocenters. The summed E-state index contributed by atoms with van der Waals surface area (Å²) in [7, 11) is 0. The minimum absolute atomic E-state index is 0.161. The molecule has 20 heavy (non-hydrogen) atoms. The Labute approximate surface area is 126 Å². The van der Waals surface area contributed by atoms with Gasteiger partial charge in [0, 0.05) is 12.2 Å². The van der Waals surface area contributed by atoms with Gasteiger partial charge in [0.25, 0.3) is 0 Å². The number of aromatic nitrogens is 1. The summed E-state index contributed by atoms with van der Waals surface area (Å²) in [6.07, 6.45) is 5.18. The Morgan fingerprint density at radius 3 is 2.50 bits per heavy atom. The molecule has 2 rings (SSSR count). The molecular formula is C17H22N2S. The molecule has 0 saturated heterocycles. The maximum Gasteiger partial charge on any atom is 0.0753 e. The smallest absolute Gasteiger partial charge is 0.0753 e. The van der Waals surface area contributed by atoms with Crippen molar-refractivity contribution in [2.45, 2.75) is 25.4 Å². The maximum absolute atomic E-state index is 4.52. The molecule has 1 N–H and O–H groups in total. The first-order chi connectivity index (χ1) is 9.81. The van der Waals surface area contributed by atoms with E-state index in [2.05, 4.69) is 59.9 Å². The second-order valence-corrected chi connectivity index (χ2v) is 5.93. The predicted octanol–water partition coefficient (Wildman–Crippen LogP) is 3.90. The van der Waals surface area contributed by atoms with Crippen LogP contribution in [0, 0.1) is 0 Å². The topological polar surface area (TPSA) is 24.9 Å². The lowest BCUT2D eigenvalue weighted by Crippen LogP contribution is -2.32. The van der Waals surface area contributed by atoms with E-state index in [4.69, 9.17) is 0 Å². The Morgan fingerprint density at radius 2 is 1.85 bits per heavy atom. The van der Waals surface area contributed by atoms with Gasteiger partial charge in [0.2, 0.25) is 0 Å². The number of pyridine rings is 1. The summed E-state index contributed by atoms with van der Waals surface area (Å²) >= 11 is 1.89. The molecule has 0 bridgehead atoms. The van der Waals surface area contributed by atoms with Crippen molar-refractivity contribution >= 4 is 11.8 Å². The minimum Gasteiger partial charge on any atom is -0.302 e. The molecule has 0 spiro atoms. The highest BCUT2D eigenvalue weighted by atomic mass is 32.2. The summed E-state index contributed by atoms with van der Waals surface area (Å²) in [6.45, 7) is 2.25. The van der Waals surface area contributed by atoms with Crippen molar-refractivity contribution < 1.29 is 0 Å². The minimum atomic E-state index is 0.161. The molecule has 2 aromatic rings. The Kier molecular flexibility index (Phi) is 6.09. The van der Waals surface area contributed by atoms with Crippen LogP contribution in [0.5, 0.6) is 0 Å². The molecule has 0 aliphatic heterocycles. The summed E-state index contributed by atoms with van der Waals surface area (Å²) in [5.74, 6) is 1.18. The fourth-order valence-corrected chi connectivity index (χ4v) is 2.80. The molecule has 1 aromatic carbocycles. The highest BCUT2D eigenvalue weighted by Crippen LogP contribution is 2.21. The van der Waals surface area contributed by atoms with Gasteiger partial charge in [-0.05, 0) is 43.0 Å². The maximum atomic E-state index is 4.52. The summed E-state index contributed by atoms with van der Waals surface area (Å²) in [4.78, 5) is 4.52. The van der Waals surface area contributed by atoms with E-state index in [1.165, 1.54) is 11.3 Å². The Hall–Kier alpha value is -1.32. The van der Waals surface area contributed by atoms with Gasteiger partial charge in [0.1, 0.15) is 0 Å². The van der Waals surface area contributed by atoms with Crippen molar-refractivity contribution in [3.05, 3.63) is 66.0 Å². The summed E-state index contributed by atoms with van der Waals surface area (Å²) < 4.78 is 0. The van der Waals surface area contributed by atoms with E-state index >= 15 is 0 Å². The summed E-state index contributed by atoms with van der Waals surface area (Å²) in [5.41, 5.74) is 2.34. The van der Waals surface area contributed by atoms with Crippen molar-refractivity contribution in [2.24, 2.45) is 0 Å². The van der Waals surface area contributed by atoms with Gasteiger partial charge in [-0.3, -0.25) is 4.98 Å². The molecule has 3 heteroatoms. The van der Waals surface area contributed by atoms with Crippen molar-refractivity contribution in [1.82, 2.24) is 10.3 Å². The first-order valence-corrected chi connectivity index (χ1v) is 8.41. The fraction of sp³-hybridized carbons (Fsp3) is 0.353. The number of nitrogens with one attached hydrogen (secondary N) is 1. The highest BCUT2D eigenvalue weighted by Gasteiger charge is 2.17. The third kappa shape index (κ3) is 4.36. The number of hydrogen-bond acceptors (Lipinski definition) is 3. The molecule has 0 aliphatic rings. The van der Waals surface area contributed by atoms with Gasteiger partial charge in [0.15, 0.2) is 0 Å². The molecule has 0 radical (unpaired) electrons. The van der Waals surface area contributed by atoms with Gasteiger partial charge in [-0.2, -0.15) is 11.8 Å². The highest BCUT2D eigenvalue weighted by molar-refractivity contribution is 7.98. The molecule has 1 aromatic heterocycles. The third-order valence-electron chi connectivity index (χ3n) is 3.32. The van der Waals surface area contributed by atoms with Gasteiger partial charge in [0.05, 0.1) is 11.7 Å². The molecule has 0 fully saturated rings. The van der Waals surface area contributed by atoms with Crippen LogP contribution in [-0.4, -0.2) is 23.0 Å². The second-order valence-electron chi connectivity index (χ2n) is 4.95. The van der Waals surface area contributed by atoms with Gasteiger partial charge in [-0.15, -0.1) is 0 Å². The summed E-state index contributed by atoms with van der Waals surface area (Å²) in [5, 5.41) is 3.71. The Morgan fingerprint density at radius 1 is 1.10 bits per heavy atom. The lowest BCUT2D eigenvalue weighted by atomic mass is 10.0. The Balaban J connectivity index is 2.17. The molecule has 0 aliphatic carbocycles. The van der Waals surface area contributed by atoms with Crippen LogP contribution < -0.4 is 5.32 Å². The zero-order valence-electron chi connectivity index (χ0n) is 12.1. The van der Waals surface area contributed by atoms with Crippen molar-refractivity contribution in [3.63, 3.8) is 0 Å². The molecule has 0 amide bonds. The van der Waals surface area contributed by atoms with Gasteiger partial charge in [-0.1, -0.05) is 36.4 Å². The quantitative estimate of drug-likeness (QED) is 0.835. The predicted molar refractivity (Wildman–Crippen MR) is 88.1 cm³/mol. The number of hydrogen-bond donors (Lipinski definition) is 1. The van der Waals surface area contributed by atoms with E-state index in [-0.39, 0.29) is 6.04 Å². The average Bonchev–Trinajstić information content (AvgIpc) is 2.52. The summed E-state index contributed by atoms with van der Waals surface area (Å²) in [6, 6.07) is 17.3. The molecule has 106 valence electrons. The number of nitrogens with zero attached hydrogens (tertiary/aromatic N) is 1. The first-order valence-electron chi connectivity index (χ1n) is 7.02. The van der Waals surface area contributed by atoms with Crippen LogP contribution in [0.1, 0.15) is 30.6 Å². The van der Waals surface area contributed by atoms with Crippen molar-refractivity contribution in [2.75, 3.05) is 12.0 Å². The zero-order valence-corrected chi connectivity index (χ0v) is 12.9. The standard InChI is InChI=1S/C17H22N2S/c1-14(11-13-20-2)19-17(15-8-4-3-5-9-15)16-10-6-7-12-18-16/h3-10,12,14,17,19H,11,13H2,1-2H3. The van der Waals surface area contributed by atoms with Gasteiger partial charge in [-0.25, -0.2) is 0 Å². The SMILES string of the molecule is CSCCC(C)NC(c1ccccc1)c1ccccn1. The van der Waals surface area contributed by atoms with Crippen LogP contribution >= 0.6 is 11.8 Å².